The van der Waals surface area contributed by atoms with Gasteiger partial charge in [0.2, 0.25) is 17.5 Å². The highest BCUT2D eigenvalue weighted by molar-refractivity contribution is 5.45. The molecule has 0 radical (unpaired) electrons. The maximum Gasteiger partial charge on any atom is 0.298 e. The Kier molecular flexibility index (Phi) is 2.07. The largest absolute Gasteiger partial charge is 0.492 e. The number of hydrogen-bond acceptors (Lipinski definition) is 5. The first-order valence-corrected chi connectivity index (χ1v) is 5.21. The van der Waals surface area contributed by atoms with Crippen molar-refractivity contribution in [3.05, 3.63) is 22.7 Å². The molecule has 0 spiro atoms. The molecule has 2 aromatic heterocycles. The van der Waals surface area contributed by atoms with Crippen molar-refractivity contribution >= 4 is 11.6 Å². The summed E-state index contributed by atoms with van der Waals surface area (Å²) in [6, 6.07) is 0. The molecular formula is C9H10N6O2. The Labute approximate surface area is 95.2 Å². The number of H-pyrrole nitrogens is 1. The summed E-state index contributed by atoms with van der Waals surface area (Å²) in [6.07, 6.45) is 3.97. The van der Waals surface area contributed by atoms with Crippen LogP contribution in [-0.2, 0) is 13.1 Å². The van der Waals surface area contributed by atoms with Gasteiger partial charge in [-0.2, -0.15) is 0 Å². The van der Waals surface area contributed by atoms with Gasteiger partial charge >= 0.3 is 0 Å². The van der Waals surface area contributed by atoms with Gasteiger partial charge in [-0.05, 0) is 6.42 Å². The summed E-state index contributed by atoms with van der Waals surface area (Å²) in [5.41, 5.74) is -0.364. The van der Waals surface area contributed by atoms with Crippen LogP contribution in [0, 0.1) is 0 Å². The van der Waals surface area contributed by atoms with Crippen molar-refractivity contribution in [3.63, 3.8) is 0 Å². The van der Waals surface area contributed by atoms with Gasteiger partial charge in [0.15, 0.2) is 0 Å². The molecule has 17 heavy (non-hydrogen) atoms. The van der Waals surface area contributed by atoms with Gasteiger partial charge in [0, 0.05) is 25.5 Å². The van der Waals surface area contributed by atoms with Crippen LogP contribution in [0.4, 0.5) is 11.6 Å². The summed E-state index contributed by atoms with van der Waals surface area (Å²) >= 11 is 0. The number of azo groups is 1. The molecule has 88 valence electrons. The van der Waals surface area contributed by atoms with Crippen LogP contribution < -0.4 is 5.56 Å². The number of nitrogens with zero attached hydrogens (tertiary/aromatic N) is 5. The highest BCUT2D eigenvalue weighted by atomic mass is 16.3. The van der Waals surface area contributed by atoms with E-state index in [2.05, 4.69) is 20.2 Å². The predicted molar refractivity (Wildman–Crippen MR) is 57.7 cm³/mol. The fraction of sp³-hybridized carbons (Fsp3) is 0.333. The first-order valence-electron chi connectivity index (χ1n) is 5.21. The Balaban J connectivity index is 2.02. The van der Waals surface area contributed by atoms with Gasteiger partial charge in [-0.25, -0.2) is 14.3 Å². The van der Waals surface area contributed by atoms with E-state index < -0.39 is 0 Å². The Morgan fingerprint density at radius 2 is 2.18 bits per heavy atom. The zero-order chi connectivity index (χ0) is 11.8. The van der Waals surface area contributed by atoms with Gasteiger partial charge < -0.3 is 10.1 Å². The molecule has 0 atom stereocenters. The topological polar surface area (TPSA) is 101 Å². The average molecular weight is 234 g/mol. The molecule has 0 fully saturated rings. The maximum atomic E-state index is 11.8. The van der Waals surface area contributed by atoms with Gasteiger partial charge in [0.25, 0.3) is 5.56 Å². The van der Waals surface area contributed by atoms with Crippen LogP contribution in [0.1, 0.15) is 6.42 Å². The minimum atomic E-state index is -0.324. The number of imidazole rings is 1. The van der Waals surface area contributed by atoms with Crippen LogP contribution in [0.2, 0.25) is 0 Å². The van der Waals surface area contributed by atoms with Crippen LogP contribution in [0.5, 0.6) is 5.88 Å². The first kappa shape index (κ1) is 9.82. The molecule has 3 rings (SSSR count). The second-order valence-electron chi connectivity index (χ2n) is 3.69. The van der Waals surface area contributed by atoms with Crippen molar-refractivity contribution in [1.82, 2.24) is 19.3 Å². The number of nitrogens with one attached hydrogen (secondary N) is 1. The number of rotatable bonds is 2. The summed E-state index contributed by atoms with van der Waals surface area (Å²) in [5.74, 6) is 0.156. The van der Waals surface area contributed by atoms with Gasteiger partial charge in [0.1, 0.15) is 0 Å². The number of fused-ring (bicyclic) bond motifs is 1. The summed E-state index contributed by atoms with van der Waals surface area (Å²) in [7, 11) is 0. The van der Waals surface area contributed by atoms with Crippen molar-refractivity contribution in [2.75, 3.05) is 0 Å². The summed E-state index contributed by atoms with van der Waals surface area (Å²) in [4.78, 5) is 18.4. The van der Waals surface area contributed by atoms with Gasteiger partial charge in [-0.15, -0.1) is 10.2 Å². The van der Waals surface area contributed by atoms with E-state index in [1.54, 1.807) is 6.20 Å². The lowest BCUT2D eigenvalue weighted by molar-refractivity contribution is 0.399. The second kappa shape index (κ2) is 3.58. The molecule has 0 unspecified atom stereocenters. The number of aromatic amines is 1. The van der Waals surface area contributed by atoms with E-state index in [-0.39, 0.29) is 17.1 Å². The summed E-state index contributed by atoms with van der Waals surface area (Å²) in [5, 5.41) is 17.3. The van der Waals surface area contributed by atoms with E-state index in [1.165, 1.54) is 15.6 Å². The zero-order valence-electron chi connectivity index (χ0n) is 8.87. The van der Waals surface area contributed by atoms with E-state index >= 15 is 0 Å². The lowest BCUT2D eigenvalue weighted by atomic mass is 10.4. The molecular weight excluding hydrogens is 224 g/mol. The second-order valence-corrected chi connectivity index (χ2v) is 3.69. The molecule has 8 nitrogen and oxygen atoms in total. The Hall–Kier alpha value is -2.38. The Morgan fingerprint density at radius 1 is 1.35 bits per heavy atom. The van der Waals surface area contributed by atoms with E-state index in [9.17, 15) is 9.90 Å². The third-order valence-electron chi connectivity index (χ3n) is 2.65. The Bertz CT molecular complexity index is 621. The third-order valence-corrected chi connectivity index (χ3v) is 2.65. The molecule has 0 amide bonds. The first-order chi connectivity index (χ1) is 8.27. The molecule has 0 saturated heterocycles. The Morgan fingerprint density at radius 3 is 2.88 bits per heavy atom. The quantitative estimate of drug-likeness (QED) is 0.754. The molecule has 1 aliphatic rings. The highest BCUT2D eigenvalue weighted by Gasteiger charge is 2.22. The lowest BCUT2D eigenvalue weighted by Gasteiger charge is -1.97. The normalized spacial score (nSPS) is 14.6. The predicted octanol–water partition coefficient (Wildman–Crippen LogP) is 0.898. The monoisotopic (exact) mass is 234 g/mol. The van der Waals surface area contributed by atoms with Crippen LogP contribution in [0.3, 0.4) is 0 Å². The van der Waals surface area contributed by atoms with E-state index in [0.29, 0.717) is 19.0 Å². The molecule has 0 aromatic carbocycles. The maximum absolute atomic E-state index is 11.8. The fourth-order valence-corrected chi connectivity index (χ4v) is 1.88. The molecule has 0 saturated carbocycles. The van der Waals surface area contributed by atoms with Crippen molar-refractivity contribution in [3.8, 4) is 5.88 Å². The molecule has 0 bridgehead atoms. The SMILES string of the molecule is O=c1c(N=Nc2ncc[nH]2)c(O)n2n1CCC2. The molecule has 2 aromatic rings. The van der Waals surface area contributed by atoms with E-state index in [4.69, 9.17) is 0 Å². The van der Waals surface area contributed by atoms with Crippen molar-refractivity contribution < 1.29 is 5.11 Å². The van der Waals surface area contributed by atoms with Crippen molar-refractivity contribution in [1.29, 1.82) is 0 Å². The molecule has 2 N–H and O–H groups in total. The van der Waals surface area contributed by atoms with Gasteiger partial charge in [-0.3, -0.25) is 4.79 Å². The van der Waals surface area contributed by atoms with Crippen molar-refractivity contribution in [2.45, 2.75) is 19.5 Å². The number of aromatic hydroxyl groups is 1. The third kappa shape index (κ3) is 1.45. The fourth-order valence-electron chi connectivity index (χ4n) is 1.88. The molecule has 0 aliphatic carbocycles. The van der Waals surface area contributed by atoms with Crippen molar-refractivity contribution in [2.24, 2.45) is 10.2 Å². The zero-order valence-corrected chi connectivity index (χ0v) is 8.87. The van der Waals surface area contributed by atoms with E-state index in [0.717, 1.165) is 6.42 Å². The van der Waals surface area contributed by atoms with Gasteiger partial charge in [-0.1, -0.05) is 0 Å². The summed E-state index contributed by atoms with van der Waals surface area (Å²) < 4.78 is 2.98. The van der Waals surface area contributed by atoms with Gasteiger partial charge in [0.05, 0.1) is 0 Å². The molecule has 1 aliphatic heterocycles. The summed E-state index contributed by atoms with van der Waals surface area (Å²) in [6.45, 7) is 1.22. The van der Waals surface area contributed by atoms with E-state index in [1.807, 2.05) is 0 Å². The lowest BCUT2D eigenvalue weighted by Crippen LogP contribution is -2.16. The number of aromatic nitrogens is 4. The van der Waals surface area contributed by atoms with Crippen LogP contribution >= 0.6 is 0 Å². The number of hydrogen-bond donors (Lipinski definition) is 2. The van der Waals surface area contributed by atoms with Crippen LogP contribution in [0.15, 0.2) is 27.4 Å². The van der Waals surface area contributed by atoms with Crippen LogP contribution in [0.25, 0.3) is 0 Å². The average Bonchev–Trinajstić information content (AvgIpc) is 3.01. The molecule has 3 heterocycles. The standard InChI is InChI=1S/C9H10N6O2/c16-7-6(12-13-9-10-2-3-11-9)8(17)15-5-1-4-14(7)15/h2-3,16H,1,4-5H2,(H,10,11). The molecule has 8 heteroatoms. The minimum Gasteiger partial charge on any atom is -0.492 e. The highest BCUT2D eigenvalue weighted by Crippen LogP contribution is 2.26. The minimum absolute atomic E-state index is 0.0406. The van der Waals surface area contributed by atoms with Crippen LogP contribution in [-0.4, -0.2) is 24.4 Å². The smallest absolute Gasteiger partial charge is 0.298 e.